The number of para-hydroxylation sites is 1. The minimum Gasteiger partial charge on any atom is -0.356 e. The lowest BCUT2D eigenvalue weighted by molar-refractivity contribution is -0.132. The third kappa shape index (κ3) is 2.84. The number of aromatic amines is 1. The van der Waals surface area contributed by atoms with Crippen molar-refractivity contribution in [3.05, 3.63) is 88.0 Å². The number of thiophene rings is 1. The van der Waals surface area contributed by atoms with E-state index in [-0.39, 0.29) is 11.9 Å². The molecule has 4 aromatic rings. The number of carbonyl (C=O) groups excluding carboxylic acids is 1. The van der Waals surface area contributed by atoms with Crippen LogP contribution in [-0.2, 0) is 17.6 Å². The fourth-order valence-electron chi connectivity index (χ4n) is 4.06. The zero-order valence-electron chi connectivity index (χ0n) is 14.8. The maximum absolute atomic E-state index is 13.2. The first-order valence-corrected chi connectivity index (χ1v) is 10.0. The van der Waals surface area contributed by atoms with E-state index in [0.29, 0.717) is 6.42 Å². The van der Waals surface area contributed by atoms with Gasteiger partial charge in [0.25, 0.3) is 0 Å². The quantitative estimate of drug-likeness (QED) is 0.581. The van der Waals surface area contributed by atoms with Gasteiger partial charge in [-0.1, -0.05) is 30.3 Å². The molecule has 1 unspecified atom stereocenters. The topological polar surface area (TPSA) is 49.0 Å². The van der Waals surface area contributed by atoms with Crippen molar-refractivity contribution < 1.29 is 4.79 Å². The van der Waals surface area contributed by atoms with E-state index in [0.717, 1.165) is 34.6 Å². The zero-order chi connectivity index (χ0) is 18.2. The van der Waals surface area contributed by atoms with Crippen LogP contribution in [0, 0.1) is 0 Å². The fourth-order valence-corrected chi connectivity index (χ4v) is 4.75. The van der Waals surface area contributed by atoms with Crippen molar-refractivity contribution in [1.82, 2.24) is 14.9 Å². The normalized spacial score (nSPS) is 16.4. The molecule has 1 aliphatic rings. The Labute approximate surface area is 161 Å². The van der Waals surface area contributed by atoms with E-state index in [2.05, 4.69) is 34.2 Å². The van der Waals surface area contributed by atoms with Crippen LogP contribution in [-0.4, -0.2) is 27.3 Å². The Morgan fingerprint density at radius 2 is 2.11 bits per heavy atom. The Kier molecular flexibility index (Phi) is 4.02. The number of pyridine rings is 1. The zero-order valence-corrected chi connectivity index (χ0v) is 15.6. The molecule has 134 valence electrons. The summed E-state index contributed by atoms with van der Waals surface area (Å²) >= 11 is 1.63. The molecule has 0 aliphatic carbocycles. The van der Waals surface area contributed by atoms with Crippen LogP contribution in [0.15, 0.2) is 66.3 Å². The molecular weight excluding hydrogens is 354 g/mol. The Balaban J connectivity index is 1.60. The molecule has 3 aromatic heterocycles. The van der Waals surface area contributed by atoms with Crippen molar-refractivity contribution in [3.63, 3.8) is 0 Å². The van der Waals surface area contributed by atoms with Crippen molar-refractivity contribution in [2.24, 2.45) is 0 Å². The number of benzene rings is 1. The first-order valence-electron chi connectivity index (χ1n) is 9.12. The van der Waals surface area contributed by atoms with Gasteiger partial charge in [-0.3, -0.25) is 9.78 Å². The van der Waals surface area contributed by atoms with Gasteiger partial charge in [-0.2, -0.15) is 0 Å². The molecule has 0 fully saturated rings. The van der Waals surface area contributed by atoms with Gasteiger partial charge in [-0.05, 0) is 41.1 Å². The van der Waals surface area contributed by atoms with Crippen molar-refractivity contribution >= 4 is 28.1 Å². The molecule has 1 N–H and O–H groups in total. The molecule has 27 heavy (non-hydrogen) atoms. The van der Waals surface area contributed by atoms with Crippen LogP contribution in [0.2, 0.25) is 0 Å². The van der Waals surface area contributed by atoms with Gasteiger partial charge in [-0.25, -0.2) is 0 Å². The first kappa shape index (κ1) is 16.3. The SMILES string of the molecule is O=C(Cc1cccs1)N1CCc2c([nH]c3ccccc23)C1c1cccnc1. The molecule has 0 spiro atoms. The summed E-state index contributed by atoms with van der Waals surface area (Å²) in [5.74, 6) is 0.163. The molecule has 4 heterocycles. The van der Waals surface area contributed by atoms with Crippen LogP contribution >= 0.6 is 11.3 Å². The Morgan fingerprint density at radius 1 is 1.19 bits per heavy atom. The van der Waals surface area contributed by atoms with Gasteiger partial charge < -0.3 is 9.88 Å². The molecule has 1 aliphatic heterocycles. The third-order valence-electron chi connectivity index (χ3n) is 5.26. The van der Waals surface area contributed by atoms with Gasteiger partial charge >= 0.3 is 0 Å². The fraction of sp³-hybridized carbons (Fsp3) is 0.182. The predicted octanol–water partition coefficient (Wildman–Crippen LogP) is 4.34. The highest BCUT2D eigenvalue weighted by molar-refractivity contribution is 7.10. The summed E-state index contributed by atoms with van der Waals surface area (Å²) in [4.78, 5) is 24.2. The van der Waals surface area contributed by atoms with Crippen molar-refractivity contribution in [1.29, 1.82) is 0 Å². The number of H-pyrrole nitrogens is 1. The largest absolute Gasteiger partial charge is 0.356 e. The minimum atomic E-state index is -0.123. The third-order valence-corrected chi connectivity index (χ3v) is 6.14. The lowest BCUT2D eigenvalue weighted by atomic mass is 9.93. The number of rotatable bonds is 3. The van der Waals surface area contributed by atoms with E-state index < -0.39 is 0 Å². The van der Waals surface area contributed by atoms with Crippen LogP contribution in [0.4, 0.5) is 0 Å². The smallest absolute Gasteiger partial charge is 0.228 e. The van der Waals surface area contributed by atoms with E-state index in [1.165, 1.54) is 10.9 Å². The number of hydrogen-bond acceptors (Lipinski definition) is 3. The van der Waals surface area contributed by atoms with Crippen LogP contribution in [0.5, 0.6) is 0 Å². The molecule has 4 nitrogen and oxygen atoms in total. The standard InChI is InChI=1S/C22H19N3OS/c26-20(13-16-6-4-12-27-16)25-11-9-18-17-7-1-2-8-19(17)24-21(18)22(25)15-5-3-10-23-14-15/h1-8,10,12,14,22,24H,9,11,13H2. The van der Waals surface area contributed by atoms with Gasteiger partial charge in [0.05, 0.1) is 12.5 Å². The van der Waals surface area contributed by atoms with Crippen molar-refractivity contribution in [3.8, 4) is 0 Å². The maximum Gasteiger partial charge on any atom is 0.228 e. The summed E-state index contributed by atoms with van der Waals surface area (Å²) in [7, 11) is 0. The number of amides is 1. The van der Waals surface area contributed by atoms with Crippen LogP contribution in [0.25, 0.3) is 10.9 Å². The monoisotopic (exact) mass is 373 g/mol. The molecule has 1 amide bonds. The molecule has 1 aromatic carbocycles. The van der Waals surface area contributed by atoms with Gasteiger partial charge in [0.2, 0.25) is 5.91 Å². The van der Waals surface area contributed by atoms with E-state index in [9.17, 15) is 4.79 Å². The van der Waals surface area contributed by atoms with E-state index in [1.54, 1.807) is 17.5 Å². The summed E-state index contributed by atoms with van der Waals surface area (Å²) in [6.07, 6.45) is 4.96. The highest BCUT2D eigenvalue weighted by Gasteiger charge is 2.34. The predicted molar refractivity (Wildman–Crippen MR) is 108 cm³/mol. The number of nitrogens with one attached hydrogen (secondary N) is 1. The molecule has 5 rings (SSSR count). The number of fused-ring (bicyclic) bond motifs is 3. The molecule has 5 heteroatoms. The summed E-state index contributed by atoms with van der Waals surface area (Å²) < 4.78 is 0. The van der Waals surface area contributed by atoms with Crippen LogP contribution in [0.3, 0.4) is 0 Å². The average Bonchev–Trinajstić information content (AvgIpc) is 3.35. The highest BCUT2D eigenvalue weighted by Crippen LogP contribution is 2.38. The van der Waals surface area contributed by atoms with Gasteiger partial charge in [0, 0.05) is 40.4 Å². The summed E-state index contributed by atoms with van der Waals surface area (Å²) in [5, 5.41) is 3.28. The number of aromatic nitrogens is 2. The maximum atomic E-state index is 13.2. The van der Waals surface area contributed by atoms with E-state index >= 15 is 0 Å². The van der Waals surface area contributed by atoms with Gasteiger partial charge in [-0.15, -0.1) is 11.3 Å². The van der Waals surface area contributed by atoms with Gasteiger partial charge in [0.1, 0.15) is 0 Å². The van der Waals surface area contributed by atoms with E-state index in [4.69, 9.17) is 0 Å². The molecule has 1 atom stereocenters. The number of carbonyl (C=O) groups is 1. The first-order chi connectivity index (χ1) is 13.3. The number of hydrogen-bond donors (Lipinski definition) is 1. The number of nitrogens with zero attached hydrogens (tertiary/aromatic N) is 2. The highest BCUT2D eigenvalue weighted by atomic mass is 32.1. The summed E-state index contributed by atoms with van der Waals surface area (Å²) in [6.45, 7) is 0.721. The van der Waals surface area contributed by atoms with Gasteiger partial charge in [0.15, 0.2) is 0 Å². The Hall–Kier alpha value is -2.92. The van der Waals surface area contributed by atoms with Crippen molar-refractivity contribution in [2.45, 2.75) is 18.9 Å². The lowest BCUT2D eigenvalue weighted by Gasteiger charge is -2.36. The molecule has 0 bridgehead atoms. The average molecular weight is 373 g/mol. The van der Waals surface area contributed by atoms with Crippen LogP contribution < -0.4 is 0 Å². The molecule has 0 radical (unpaired) electrons. The molecule has 0 saturated heterocycles. The lowest BCUT2D eigenvalue weighted by Crippen LogP contribution is -2.41. The molecule has 0 saturated carbocycles. The molecular formula is C22H19N3OS. The van der Waals surface area contributed by atoms with E-state index in [1.807, 2.05) is 40.7 Å². The Morgan fingerprint density at radius 3 is 2.93 bits per heavy atom. The minimum absolute atomic E-state index is 0.123. The Bertz CT molecular complexity index is 1090. The second-order valence-corrected chi connectivity index (χ2v) is 7.88. The summed E-state index contributed by atoms with van der Waals surface area (Å²) in [6, 6.07) is 16.3. The second kappa shape index (κ2) is 6.67. The van der Waals surface area contributed by atoms with Crippen molar-refractivity contribution in [2.75, 3.05) is 6.54 Å². The second-order valence-electron chi connectivity index (χ2n) is 6.84. The van der Waals surface area contributed by atoms with Crippen LogP contribution in [0.1, 0.15) is 27.7 Å². The summed E-state index contributed by atoms with van der Waals surface area (Å²) in [5.41, 5.74) is 4.61.